The Bertz CT molecular complexity index is 1100. The van der Waals surface area contributed by atoms with Crippen LogP contribution in [0.2, 0.25) is 0 Å². The minimum atomic E-state index is -3.86. The van der Waals surface area contributed by atoms with E-state index >= 15 is 0 Å². The highest BCUT2D eigenvalue weighted by Gasteiger charge is 2.47. The molecule has 0 radical (unpaired) electrons. The lowest BCUT2D eigenvalue weighted by Gasteiger charge is -2.47. The summed E-state index contributed by atoms with van der Waals surface area (Å²) >= 11 is 0. The summed E-state index contributed by atoms with van der Waals surface area (Å²) in [6.07, 6.45) is 1.10. The third kappa shape index (κ3) is 3.86. The predicted molar refractivity (Wildman–Crippen MR) is 122 cm³/mol. The third-order valence-corrected chi connectivity index (χ3v) is 8.20. The predicted octanol–water partition coefficient (Wildman–Crippen LogP) is 3.49. The molecule has 0 spiro atoms. The molecular formula is C24H30N2O5S. The number of hydrogen-bond acceptors (Lipinski definition) is 5. The summed E-state index contributed by atoms with van der Waals surface area (Å²) in [5.74, 6) is 0.460. The van der Waals surface area contributed by atoms with E-state index in [9.17, 15) is 18.3 Å². The van der Waals surface area contributed by atoms with Crippen molar-refractivity contribution in [3.63, 3.8) is 0 Å². The van der Waals surface area contributed by atoms with Gasteiger partial charge in [0.15, 0.2) is 0 Å². The maximum Gasteiger partial charge on any atom is 0.264 e. The molecule has 2 aromatic rings. The second-order valence-electron chi connectivity index (χ2n) is 8.84. The zero-order valence-electron chi connectivity index (χ0n) is 18.7. The first-order valence-electron chi connectivity index (χ1n) is 11.0. The Labute approximate surface area is 189 Å². The first kappa shape index (κ1) is 22.6. The number of likely N-dealkylation sites (tertiary alicyclic amines) is 1. The Hall–Kier alpha value is -2.58. The normalized spacial score (nSPS) is 22.8. The van der Waals surface area contributed by atoms with Crippen LogP contribution in [0.25, 0.3) is 0 Å². The van der Waals surface area contributed by atoms with Crippen LogP contribution in [0.3, 0.4) is 0 Å². The molecule has 2 aromatic carbocycles. The highest BCUT2D eigenvalue weighted by atomic mass is 32.2. The van der Waals surface area contributed by atoms with Gasteiger partial charge < -0.3 is 14.7 Å². The molecule has 1 amide bonds. The number of aliphatic hydroxyl groups excluding tert-OH is 1. The SMILES string of the molecule is CCN(c1ccccc1)S(=O)(=O)c1ccc2c(c1)C(N1CCCCC1=O)C(O)C(C)(C)O2. The van der Waals surface area contributed by atoms with E-state index in [1.165, 1.54) is 10.4 Å². The van der Waals surface area contributed by atoms with Gasteiger partial charge in [-0.1, -0.05) is 18.2 Å². The number of hydrogen-bond donors (Lipinski definition) is 1. The number of sulfonamides is 1. The molecule has 0 bridgehead atoms. The van der Waals surface area contributed by atoms with Crippen molar-refractivity contribution in [2.45, 2.75) is 62.7 Å². The molecule has 1 saturated heterocycles. The van der Waals surface area contributed by atoms with Crippen LogP contribution in [0.1, 0.15) is 51.6 Å². The van der Waals surface area contributed by atoms with Crippen molar-refractivity contribution < 1.29 is 23.1 Å². The van der Waals surface area contributed by atoms with Gasteiger partial charge in [0.25, 0.3) is 10.0 Å². The van der Waals surface area contributed by atoms with Crippen LogP contribution in [-0.2, 0) is 14.8 Å². The summed E-state index contributed by atoms with van der Waals surface area (Å²) in [5.41, 5.74) is 0.181. The number of anilines is 1. The molecular weight excluding hydrogens is 428 g/mol. The molecule has 2 aliphatic rings. The van der Waals surface area contributed by atoms with E-state index in [0.717, 1.165) is 12.8 Å². The van der Waals surface area contributed by atoms with Gasteiger partial charge in [0, 0.05) is 25.1 Å². The van der Waals surface area contributed by atoms with Crippen LogP contribution in [-0.4, -0.2) is 49.1 Å². The lowest BCUT2D eigenvalue weighted by molar-refractivity contribution is -0.147. The van der Waals surface area contributed by atoms with Gasteiger partial charge >= 0.3 is 0 Å². The topological polar surface area (TPSA) is 87.2 Å². The van der Waals surface area contributed by atoms with E-state index in [0.29, 0.717) is 30.0 Å². The molecule has 0 aromatic heterocycles. The number of amides is 1. The monoisotopic (exact) mass is 458 g/mol. The largest absolute Gasteiger partial charge is 0.485 e. The van der Waals surface area contributed by atoms with Crippen LogP contribution in [0.5, 0.6) is 5.75 Å². The zero-order valence-corrected chi connectivity index (χ0v) is 19.5. The van der Waals surface area contributed by atoms with Gasteiger partial charge in [0.2, 0.25) is 5.91 Å². The van der Waals surface area contributed by atoms with Crippen molar-refractivity contribution in [3.8, 4) is 5.75 Å². The van der Waals surface area contributed by atoms with E-state index in [-0.39, 0.29) is 17.3 Å². The molecule has 8 heteroatoms. The number of aliphatic hydroxyl groups is 1. The molecule has 0 saturated carbocycles. The van der Waals surface area contributed by atoms with Gasteiger partial charge in [0.05, 0.1) is 16.6 Å². The molecule has 2 heterocycles. The Balaban J connectivity index is 1.81. The van der Waals surface area contributed by atoms with Crippen molar-refractivity contribution in [1.29, 1.82) is 0 Å². The highest BCUT2D eigenvalue weighted by Crippen LogP contribution is 2.45. The first-order valence-corrected chi connectivity index (χ1v) is 12.5. The van der Waals surface area contributed by atoms with E-state index in [2.05, 4.69) is 0 Å². The number of piperidine rings is 1. The minimum Gasteiger partial charge on any atom is -0.485 e. The summed E-state index contributed by atoms with van der Waals surface area (Å²) in [7, 11) is -3.86. The number of rotatable bonds is 5. The molecule has 2 unspecified atom stereocenters. The number of ether oxygens (including phenoxy) is 1. The van der Waals surface area contributed by atoms with Gasteiger partial charge in [0.1, 0.15) is 17.5 Å². The molecule has 1 fully saturated rings. The van der Waals surface area contributed by atoms with Gasteiger partial charge in [-0.15, -0.1) is 0 Å². The molecule has 1 N–H and O–H groups in total. The van der Waals surface area contributed by atoms with Crippen LogP contribution >= 0.6 is 0 Å². The van der Waals surface area contributed by atoms with Gasteiger partial charge in [-0.2, -0.15) is 0 Å². The molecule has 172 valence electrons. The summed E-state index contributed by atoms with van der Waals surface area (Å²) in [5, 5.41) is 11.2. The second kappa shape index (κ2) is 8.41. The molecule has 4 rings (SSSR count). The van der Waals surface area contributed by atoms with E-state index in [4.69, 9.17) is 4.74 Å². The number of fused-ring (bicyclic) bond motifs is 1. The Morgan fingerprint density at radius 2 is 1.88 bits per heavy atom. The van der Waals surface area contributed by atoms with Crippen molar-refractivity contribution in [3.05, 3.63) is 54.1 Å². The van der Waals surface area contributed by atoms with Crippen LogP contribution in [0.4, 0.5) is 5.69 Å². The molecule has 2 atom stereocenters. The third-order valence-electron chi connectivity index (χ3n) is 6.30. The number of para-hydroxylation sites is 1. The smallest absolute Gasteiger partial charge is 0.264 e. The first-order chi connectivity index (χ1) is 15.2. The number of carbonyl (C=O) groups is 1. The van der Waals surface area contributed by atoms with E-state index in [1.807, 2.05) is 6.07 Å². The zero-order chi connectivity index (χ0) is 23.1. The van der Waals surface area contributed by atoms with Crippen molar-refractivity contribution >= 4 is 21.6 Å². The minimum absolute atomic E-state index is 0.0309. The van der Waals surface area contributed by atoms with Gasteiger partial charge in [-0.05, 0) is 63.9 Å². The average molecular weight is 459 g/mol. The lowest BCUT2D eigenvalue weighted by atomic mass is 9.84. The maximum atomic E-state index is 13.5. The number of nitrogens with zero attached hydrogens (tertiary/aromatic N) is 2. The van der Waals surface area contributed by atoms with Gasteiger partial charge in [-0.25, -0.2) is 8.42 Å². The summed E-state index contributed by atoms with van der Waals surface area (Å²) in [4.78, 5) is 14.5. The van der Waals surface area contributed by atoms with Crippen LogP contribution < -0.4 is 9.04 Å². The number of carbonyl (C=O) groups excluding carboxylic acids is 1. The lowest BCUT2D eigenvalue weighted by Crippen LogP contribution is -2.55. The van der Waals surface area contributed by atoms with E-state index < -0.39 is 27.8 Å². The Kier molecular flexibility index (Phi) is 5.94. The standard InChI is InChI=1S/C24H30N2O5S/c1-4-26(17-10-6-5-7-11-17)32(29,30)18-13-14-20-19(16-18)22(23(28)24(2,3)31-20)25-15-9-8-12-21(25)27/h5-7,10-11,13-14,16,22-23,28H,4,8-9,12,15H2,1-3H3. The summed E-state index contributed by atoms with van der Waals surface area (Å²) in [6, 6.07) is 13.0. The summed E-state index contributed by atoms with van der Waals surface area (Å²) < 4.78 is 34.5. The highest BCUT2D eigenvalue weighted by molar-refractivity contribution is 7.92. The van der Waals surface area contributed by atoms with Crippen molar-refractivity contribution in [1.82, 2.24) is 4.90 Å². The molecule has 2 aliphatic heterocycles. The quantitative estimate of drug-likeness (QED) is 0.741. The summed E-state index contributed by atoms with van der Waals surface area (Å²) in [6.45, 7) is 6.14. The maximum absolute atomic E-state index is 13.5. The van der Waals surface area contributed by atoms with Crippen LogP contribution in [0, 0.1) is 0 Å². The fourth-order valence-electron chi connectivity index (χ4n) is 4.58. The molecule has 32 heavy (non-hydrogen) atoms. The van der Waals surface area contributed by atoms with E-state index in [1.54, 1.807) is 62.1 Å². The second-order valence-corrected chi connectivity index (χ2v) is 10.7. The Morgan fingerprint density at radius 3 is 2.53 bits per heavy atom. The van der Waals surface area contributed by atoms with Crippen molar-refractivity contribution in [2.75, 3.05) is 17.4 Å². The molecule has 7 nitrogen and oxygen atoms in total. The average Bonchev–Trinajstić information content (AvgIpc) is 2.76. The fourth-order valence-corrected chi connectivity index (χ4v) is 6.09. The molecule has 0 aliphatic carbocycles. The Morgan fingerprint density at radius 1 is 1.16 bits per heavy atom. The van der Waals surface area contributed by atoms with Crippen LogP contribution in [0.15, 0.2) is 53.4 Å². The van der Waals surface area contributed by atoms with Crippen molar-refractivity contribution in [2.24, 2.45) is 0 Å². The van der Waals surface area contributed by atoms with Gasteiger partial charge in [-0.3, -0.25) is 9.10 Å². The number of benzene rings is 2. The fraction of sp³-hybridized carbons (Fsp3) is 0.458.